The fourth-order valence-corrected chi connectivity index (χ4v) is 5.83. The van der Waals surface area contributed by atoms with Crippen molar-refractivity contribution in [1.29, 1.82) is 0 Å². The summed E-state index contributed by atoms with van der Waals surface area (Å²) in [7, 11) is 0. The number of nitrogens with two attached hydrogens (primary N) is 1. The maximum absolute atomic E-state index is 15.0. The molecule has 1 saturated carbocycles. The molecule has 3 N–H and O–H groups in total. The number of imidazole rings is 1. The number of aromatic amines is 1. The number of halogens is 3. The van der Waals surface area contributed by atoms with Gasteiger partial charge in [-0.25, -0.2) is 9.97 Å². The average Bonchev–Trinajstić information content (AvgIpc) is 3.56. The fourth-order valence-electron chi connectivity index (χ4n) is 5.66. The van der Waals surface area contributed by atoms with Crippen molar-refractivity contribution in [2.75, 3.05) is 5.73 Å². The maximum Gasteiger partial charge on any atom is 0.252 e. The van der Waals surface area contributed by atoms with Crippen molar-refractivity contribution in [1.82, 2.24) is 39.7 Å². The van der Waals surface area contributed by atoms with Gasteiger partial charge in [-0.05, 0) is 71.1 Å². The molecular formula is C25H18ClF2N9O. The van der Waals surface area contributed by atoms with Crippen LogP contribution >= 0.6 is 11.6 Å². The van der Waals surface area contributed by atoms with Crippen molar-refractivity contribution >= 4 is 17.4 Å². The molecule has 0 amide bonds. The number of hydrogen-bond acceptors (Lipinski definition) is 7. The molecule has 5 aromatic rings. The lowest BCUT2D eigenvalue weighted by Gasteiger charge is -2.32. The van der Waals surface area contributed by atoms with Crippen LogP contribution in [0.5, 0.6) is 0 Å². The van der Waals surface area contributed by atoms with E-state index in [2.05, 4.69) is 30.5 Å². The van der Waals surface area contributed by atoms with Crippen molar-refractivity contribution in [3.8, 4) is 28.1 Å². The molecule has 1 aliphatic carbocycles. The van der Waals surface area contributed by atoms with Crippen LogP contribution < -0.4 is 11.3 Å². The first-order valence-corrected chi connectivity index (χ1v) is 12.2. The number of anilines is 1. The summed E-state index contributed by atoms with van der Waals surface area (Å²) in [4.78, 5) is 24.2. The van der Waals surface area contributed by atoms with Gasteiger partial charge in [-0.1, -0.05) is 11.6 Å². The molecule has 0 saturated heterocycles. The van der Waals surface area contributed by atoms with Gasteiger partial charge in [-0.3, -0.25) is 4.79 Å². The molecule has 3 atom stereocenters. The van der Waals surface area contributed by atoms with Crippen LogP contribution in [0, 0.1) is 17.8 Å². The molecule has 7 rings (SSSR count). The van der Waals surface area contributed by atoms with Gasteiger partial charge in [-0.2, -0.15) is 13.5 Å². The number of nitrogens with one attached hydrogen (secondary N) is 1. The Labute approximate surface area is 218 Å². The normalized spacial score (nSPS) is 19.7. The summed E-state index contributed by atoms with van der Waals surface area (Å²) in [6, 6.07) is 11.0. The fraction of sp³-hybridized carbons (Fsp3) is 0.200. The minimum atomic E-state index is -0.908. The Balaban J connectivity index is 1.35. The SMILES string of the molecule is Nc1ccc(-c2[nH]c([C@@H]3[C@H]4CC[C@H]4c4cc(-c5cc(Cl)ccc5-n5cnnn5)cc(=O)n43)nc2F)c(F)n1. The van der Waals surface area contributed by atoms with Gasteiger partial charge in [0.15, 0.2) is 0 Å². The molecule has 5 heterocycles. The zero-order valence-corrected chi connectivity index (χ0v) is 20.3. The Morgan fingerprint density at radius 3 is 2.63 bits per heavy atom. The van der Waals surface area contributed by atoms with Gasteiger partial charge in [0.05, 0.1) is 17.3 Å². The number of nitrogens with zero attached hydrogens (tertiary/aromatic N) is 7. The van der Waals surface area contributed by atoms with Crippen LogP contribution in [0.15, 0.2) is 53.6 Å². The van der Waals surface area contributed by atoms with Crippen LogP contribution in [0.4, 0.5) is 14.6 Å². The van der Waals surface area contributed by atoms with Crippen LogP contribution in [-0.2, 0) is 0 Å². The second kappa shape index (κ2) is 8.28. The Kier molecular flexibility index (Phi) is 4.95. The Morgan fingerprint density at radius 2 is 1.89 bits per heavy atom. The molecule has 0 spiro atoms. The molecule has 38 heavy (non-hydrogen) atoms. The molecule has 1 fully saturated rings. The molecule has 10 nitrogen and oxygen atoms in total. The smallest absolute Gasteiger partial charge is 0.252 e. The second-order valence-corrected chi connectivity index (χ2v) is 9.88. The predicted molar refractivity (Wildman–Crippen MR) is 134 cm³/mol. The van der Waals surface area contributed by atoms with E-state index >= 15 is 0 Å². The monoisotopic (exact) mass is 533 g/mol. The van der Waals surface area contributed by atoms with Crippen LogP contribution in [0.2, 0.25) is 5.02 Å². The summed E-state index contributed by atoms with van der Waals surface area (Å²) in [6.07, 6.45) is 3.19. The van der Waals surface area contributed by atoms with Crippen molar-refractivity contribution < 1.29 is 8.78 Å². The van der Waals surface area contributed by atoms with Crippen LogP contribution in [0.3, 0.4) is 0 Å². The molecule has 4 aromatic heterocycles. The van der Waals surface area contributed by atoms with Gasteiger partial charge in [0.2, 0.25) is 11.9 Å². The predicted octanol–water partition coefficient (Wildman–Crippen LogP) is 3.89. The first-order valence-electron chi connectivity index (χ1n) is 11.9. The number of benzene rings is 1. The largest absolute Gasteiger partial charge is 0.384 e. The zero-order chi connectivity index (χ0) is 26.1. The van der Waals surface area contributed by atoms with E-state index in [1.807, 2.05) is 6.07 Å². The van der Waals surface area contributed by atoms with Crippen LogP contribution in [0.1, 0.15) is 36.3 Å². The molecule has 0 radical (unpaired) electrons. The van der Waals surface area contributed by atoms with E-state index < -0.39 is 17.9 Å². The van der Waals surface area contributed by atoms with Crippen molar-refractivity contribution in [2.24, 2.45) is 5.92 Å². The van der Waals surface area contributed by atoms with E-state index in [0.717, 1.165) is 18.5 Å². The minimum Gasteiger partial charge on any atom is -0.384 e. The third-order valence-electron chi connectivity index (χ3n) is 7.45. The third kappa shape index (κ3) is 3.36. The maximum atomic E-state index is 15.0. The highest BCUT2D eigenvalue weighted by atomic mass is 35.5. The van der Waals surface area contributed by atoms with Gasteiger partial charge in [0, 0.05) is 28.3 Å². The summed E-state index contributed by atoms with van der Waals surface area (Å²) in [5, 5.41) is 11.9. The van der Waals surface area contributed by atoms with Crippen molar-refractivity contribution in [3.63, 3.8) is 0 Å². The molecule has 13 heteroatoms. The summed E-state index contributed by atoms with van der Waals surface area (Å²) in [6.45, 7) is 0. The van der Waals surface area contributed by atoms with Gasteiger partial charge in [-0.15, -0.1) is 5.10 Å². The molecule has 0 bridgehead atoms. The number of aromatic nitrogens is 8. The van der Waals surface area contributed by atoms with Crippen LogP contribution in [0.25, 0.3) is 28.1 Å². The Bertz CT molecular complexity index is 1780. The van der Waals surface area contributed by atoms with Gasteiger partial charge < -0.3 is 15.3 Å². The second-order valence-electron chi connectivity index (χ2n) is 9.45. The standard InChI is InChI=1S/C25H18ClF2N9O/c26-12-1-5-17(36-10-30-34-35-36)16(9-12)11-7-18-13-2-3-14(13)22(37(18)20(38)8-11)25-32-21(24(28)33-25)15-4-6-19(29)31-23(15)27/h1,4-10,13-14,22H,2-3H2,(H2,29,31)(H,32,33)/t13-,14+,22+/m1/s1. The van der Waals surface area contributed by atoms with Gasteiger partial charge in [0.1, 0.15) is 23.7 Å². The molecular weight excluding hydrogens is 516 g/mol. The molecule has 190 valence electrons. The summed E-state index contributed by atoms with van der Waals surface area (Å²) < 4.78 is 32.6. The van der Waals surface area contributed by atoms with Crippen LogP contribution in [-0.4, -0.2) is 39.7 Å². The number of tetrazole rings is 1. The minimum absolute atomic E-state index is 0.0151. The van der Waals surface area contributed by atoms with E-state index in [-0.39, 0.29) is 40.3 Å². The lowest BCUT2D eigenvalue weighted by atomic mass is 9.71. The van der Waals surface area contributed by atoms with E-state index in [4.69, 9.17) is 17.3 Å². The summed E-state index contributed by atoms with van der Waals surface area (Å²) >= 11 is 6.31. The van der Waals surface area contributed by atoms with E-state index in [1.54, 1.807) is 22.8 Å². The van der Waals surface area contributed by atoms with E-state index in [1.165, 1.54) is 29.2 Å². The number of hydrogen-bond donors (Lipinski definition) is 2. The molecule has 1 aromatic carbocycles. The molecule has 1 aliphatic heterocycles. The molecule has 2 aliphatic rings. The third-order valence-corrected chi connectivity index (χ3v) is 7.69. The lowest BCUT2D eigenvalue weighted by Crippen LogP contribution is -2.28. The number of rotatable bonds is 4. The first-order chi connectivity index (χ1) is 18.4. The highest BCUT2D eigenvalue weighted by molar-refractivity contribution is 6.31. The van der Waals surface area contributed by atoms with Gasteiger partial charge >= 0.3 is 0 Å². The quantitative estimate of drug-likeness (QED) is 0.335. The summed E-state index contributed by atoms with van der Waals surface area (Å²) in [5.74, 6) is -1.40. The average molecular weight is 534 g/mol. The van der Waals surface area contributed by atoms with Gasteiger partial charge in [0.25, 0.3) is 5.56 Å². The molecule has 0 unspecified atom stereocenters. The van der Waals surface area contributed by atoms with E-state index in [0.29, 0.717) is 21.8 Å². The Hall–Kier alpha value is -4.45. The highest BCUT2D eigenvalue weighted by Gasteiger charge is 2.49. The zero-order valence-electron chi connectivity index (χ0n) is 19.5. The first kappa shape index (κ1) is 22.7. The number of pyridine rings is 2. The Morgan fingerprint density at radius 1 is 1.03 bits per heavy atom. The topological polar surface area (TPSA) is 133 Å². The van der Waals surface area contributed by atoms with E-state index in [9.17, 15) is 13.6 Å². The highest BCUT2D eigenvalue weighted by Crippen LogP contribution is 2.55. The summed E-state index contributed by atoms with van der Waals surface area (Å²) in [5.41, 5.74) is 7.91. The number of H-pyrrole nitrogens is 1. The van der Waals surface area contributed by atoms with Crippen molar-refractivity contribution in [2.45, 2.75) is 24.8 Å². The number of nitrogen functional groups attached to an aromatic ring is 1. The lowest BCUT2D eigenvalue weighted by molar-refractivity contribution is 0.237. The van der Waals surface area contributed by atoms with Crippen molar-refractivity contribution in [3.05, 3.63) is 87.6 Å². The number of fused-ring (bicyclic) bond motifs is 3.